The van der Waals surface area contributed by atoms with E-state index in [4.69, 9.17) is 0 Å². The van der Waals surface area contributed by atoms with Gasteiger partial charge in [-0.2, -0.15) is 4.99 Å². The molecule has 3 nitrogen and oxygen atoms in total. The average molecular weight is 294 g/mol. The first-order valence-corrected chi connectivity index (χ1v) is 7.48. The normalized spacial score (nSPS) is 11.6. The first-order chi connectivity index (χ1) is 10.3. The van der Waals surface area contributed by atoms with Crippen molar-refractivity contribution in [1.29, 1.82) is 0 Å². The molecule has 1 amide bonds. The molecule has 0 aliphatic carbocycles. The Kier molecular flexibility index (Phi) is 3.79. The van der Waals surface area contributed by atoms with Crippen LogP contribution >= 0.6 is 11.3 Å². The number of carbonyl (C=O) groups is 1. The van der Waals surface area contributed by atoms with Crippen molar-refractivity contribution in [3.8, 4) is 11.3 Å². The van der Waals surface area contributed by atoms with Gasteiger partial charge in [-0.3, -0.25) is 4.79 Å². The van der Waals surface area contributed by atoms with E-state index in [9.17, 15) is 4.79 Å². The highest BCUT2D eigenvalue weighted by Gasteiger charge is 2.07. The van der Waals surface area contributed by atoms with Gasteiger partial charge in [-0.15, -0.1) is 11.3 Å². The van der Waals surface area contributed by atoms with E-state index in [1.165, 1.54) is 11.3 Å². The molecule has 0 radical (unpaired) electrons. The van der Waals surface area contributed by atoms with Gasteiger partial charge in [0.15, 0.2) is 4.80 Å². The zero-order valence-corrected chi connectivity index (χ0v) is 12.4. The summed E-state index contributed by atoms with van der Waals surface area (Å²) < 4.78 is 1.95. The fourth-order valence-electron chi connectivity index (χ4n) is 2.07. The summed E-state index contributed by atoms with van der Waals surface area (Å²) in [6.45, 7) is 0. The predicted molar refractivity (Wildman–Crippen MR) is 85.1 cm³/mol. The Bertz CT molecular complexity index is 817. The second-order valence-electron chi connectivity index (χ2n) is 4.61. The summed E-state index contributed by atoms with van der Waals surface area (Å²) >= 11 is 1.47. The van der Waals surface area contributed by atoms with Crippen LogP contribution in [0, 0.1) is 0 Å². The third-order valence-corrected chi connectivity index (χ3v) is 4.13. The molecule has 0 spiro atoms. The molecule has 0 fully saturated rings. The van der Waals surface area contributed by atoms with E-state index in [1.54, 1.807) is 12.1 Å². The number of benzene rings is 2. The second-order valence-corrected chi connectivity index (χ2v) is 5.45. The molecule has 0 bridgehead atoms. The van der Waals surface area contributed by atoms with Crippen LogP contribution in [0.4, 0.5) is 0 Å². The lowest BCUT2D eigenvalue weighted by Gasteiger charge is -2.02. The molecule has 0 N–H and O–H groups in total. The minimum atomic E-state index is -0.215. The Labute approximate surface area is 126 Å². The summed E-state index contributed by atoms with van der Waals surface area (Å²) in [5, 5.41) is 2.02. The largest absolute Gasteiger partial charge is 0.319 e. The van der Waals surface area contributed by atoms with Gasteiger partial charge in [-0.25, -0.2) is 0 Å². The molecule has 0 unspecified atom stereocenters. The van der Waals surface area contributed by atoms with Crippen LogP contribution in [0.15, 0.2) is 71.0 Å². The summed E-state index contributed by atoms with van der Waals surface area (Å²) in [7, 11) is 1.93. The number of thiazole rings is 1. The number of aromatic nitrogens is 1. The lowest BCUT2D eigenvalue weighted by molar-refractivity contribution is 0.0998. The van der Waals surface area contributed by atoms with Crippen LogP contribution < -0.4 is 4.80 Å². The minimum Gasteiger partial charge on any atom is -0.319 e. The second kappa shape index (κ2) is 5.89. The Morgan fingerprint density at radius 1 is 1.00 bits per heavy atom. The van der Waals surface area contributed by atoms with Crippen molar-refractivity contribution < 1.29 is 4.79 Å². The van der Waals surface area contributed by atoms with Crippen molar-refractivity contribution in [2.24, 2.45) is 12.0 Å². The minimum absolute atomic E-state index is 0.215. The van der Waals surface area contributed by atoms with Crippen LogP contribution in [-0.4, -0.2) is 10.5 Å². The smallest absolute Gasteiger partial charge is 0.279 e. The molecule has 21 heavy (non-hydrogen) atoms. The lowest BCUT2D eigenvalue weighted by Crippen LogP contribution is -2.14. The van der Waals surface area contributed by atoms with Gasteiger partial charge in [0.2, 0.25) is 0 Å². The number of amides is 1. The third-order valence-electron chi connectivity index (χ3n) is 3.21. The quantitative estimate of drug-likeness (QED) is 0.712. The van der Waals surface area contributed by atoms with Crippen LogP contribution in [0.5, 0.6) is 0 Å². The third kappa shape index (κ3) is 2.85. The Balaban J connectivity index is 2.00. The zero-order valence-electron chi connectivity index (χ0n) is 11.6. The van der Waals surface area contributed by atoms with Crippen LogP contribution in [-0.2, 0) is 7.05 Å². The summed E-state index contributed by atoms with van der Waals surface area (Å²) in [4.78, 5) is 17.1. The lowest BCUT2D eigenvalue weighted by atomic mass is 10.2. The number of nitrogens with zero attached hydrogens (tertiary/aromatic N) is 2. The summed E-state index contributed by atoms with van der Waals surface area (Å²) in [6.07, 6.45) is 0. The molecule has 2 aromatic carbocycles. The number of rotatable bonds is 2. The van der Waals surface area contributed by atoms with Gasteiger partial charge in [0.25, 0.3) is 5.91 Å². The highest BCUT2D eigenvalue weighted by molar-refractivity contribution is 7.07. The van der Waals surface area contributed by atoms with E-state index in [0.717, 1.165) is 11.3 Å². The van der Waals surface area contributed by atoms with E-state index in [2.05, 4.69) is 4.99 Å². The summed E-state index contributed by atoms with van der Waals surface area (Å²) in [5.41, 5.74) is 2.78. The zero-order chi connectivity index (χ0) is 14.7. The molecule has 1 heterocycles. The molecule has 0 aliphatic heterocycles. The maximum absolute atomic E-state index is 12.1. The number of carbonyl (C=O) groups excluding carboxylic acids is 1. The van der Waals surface area contributed by atoms with Gasteiger partial charge in [0.1, 0.15) is 0 Å². The molecule has 4 heteroatoms. The number of hydrogen-bond acceptors (Lipinski definition) is 2. The molecular formula is C17H14N2OS. The molecule has 0 atom stereocenters. The van der Waals surface area contributed by atoms with Gasteiger partial charge < -0.3 is 4.57 Å². The molecule has 3 rings (SSSR count). The Morgan fingerprint density at radius 3 is 2.29 bits per heavy atom. The van der Waals surface area contributed by atoms with E-state index in [0.29, 0.717) is 10.4 Å². The van der Waals surface area contributed by atoms with E-state index in [1.807, 2.05) is 65.5 Å². The average Bonchev–Trinajstić information content (AvgIpc) is 2.90. The monoisotopic (exact) mass is 294 g/mol. The van der Waals surface area contributed by atoms with Gasteiger partial charge in [-0.1, -0.05) is 48.5 Å². The van der Waals surface area contributed by atoms with Crippen molar-refractivity contribution in [2.75, 3.05) is 0 Å². The van der Waals surface area contributed by atoms with Crippen molar-refractivity contribution in [1.82, 2.24) is 4.57 Å². The van der Waals surface area contributed by atoms with Crippen LogP contribution in [0.2, 0.25) is 0 Å². The standard InChI is InChI=1S/C17H14N2OS/c1-19-15(13-8-4-2-5-9-13)12-21-17(19)18-16(20)14-10-6-3-7-11-14/h2-12H,1H3/b18-17-. The van der Waals surface area contributed by atoms with Crippen LogP contribution in [0.25, 0.3) is 11.3 Å². The van der Waals surface area contributed by atoms with Gasteiger partial charge in [-0.05, 0) is 17.7 Å². The maximum atomic E-state index is 12.1. The van der Waals surface area contributed by atoms with Crippen LogP contribution in [0.1, 0.15) is 10.4 Å². The maximum Gasteiger partial charge on any atom is 0.279 e. The first-order valence-electron chi connectivity index (χ1n) is 6.60. The Hall–Kier alpha value is -2.46. The first kappa shape index (κ1) is 13.5. The molecule has 0 saturated carbocycles. The highest BCUT2D eigenvalue weighted by atomic mass is 32.1. The van der Waals surface area contributed by atoms with Crippen LogP contribution in [0.3, 0.4) is 0 Å². The topological polar surface area (TPSA) is 34.4 Å². The van der Waals surface area contributed by atoms with E-state index < -0.39 is 0 Å². The Morgan fingerprint density at radius 2 is 1.62 bits per heavy atom. The predicted octanol–water partition coefficient (Wildman–Crippen LogP) is 3.49. The number of hydrogen-bond donors (Lipinski definition) is 0. The highest BCUT2D eigenvalue weighted by Crippen LogP contribution is 2.18. The van der Waals surface area contributed by atoms with Gasteiger partial charge >= 0.3 is 0 Å². The molecule has 0 saturated heterocycles. The molecule has 1 aromatic heterocycles. The molecular weight excluding hydrogens is 280 g/mol. The van der Waals surface area contributed by atoms with Crippen molar-refractivity contribution >= 4 is 17.2 Å². The van der Waals surface area contributed by atoms with E-state index in [-0.39, 0.29) is 5.91 Å². The molecule has 3 aromatic rings. The SMILES string of the molecule is Cn1c(-c2ccccc2)cs/c1=N\C(=O)c1ccccc1. The summed E-state index contributed by atoms with van der Waals surface area (Å²) in [5.74, 6) is -0.215. The van der Waals surface area contributed by atoms with Gasteiger partial charge in [0.05, 0.1) is 5.69 Å². The van der Waals surface area contributed by atoms with Crippen molar-refractivity contribution in [3.05, 3.63) is 76.4 Å². The fraction of sp³-hybridized carbons (Fsp3) is 0.0588. The fourth-order valence-corrected chi connectivity index (χ4v) is 2.98. The molecule has 0 aliphatic rings. The van der Waals surface area contributed by atoms with Crippen molar-refractivity contribution in [3.63, 3.8) is 0 Å². The summed E-state index contributed by atoms with van der Waals surface area (Å²) in [6, 6.07) is 19.2. The van der Waals surface area contributed by atoms with Crippen molar-refractivity contribution in [2.45, 2.75) is 0 Å². The van der Waals surface area contributed by atoms with Gasteiger partial charge in [0, 0.05) is 18.0 Å². The van der Waals surface area contributed by atoms with E-state index >= 15 is 0 Å². The molecule has 104 valence electrons.